The van der Waals surface area contributed by atoms with E-state index in [2.05, 4.69) is 27.4 Å². The number of β-amino-alcohol motifs (C(OH)–C–C–N with tert-alkyl or cyclic N) is 1. The van der Waals surface area contributed by atoms with Crippen LogP contribution < -0.4 is 15.4 Å². The standard InChI is InChI=1S/C32H41F3N4O5S/c1-4-17-44-31-19-26(45(3,41)42)10-11-29(31)36-14-6-7-24-18-27-28(8-5-9-30(27)39(24)22-32(33,34)35)37-23-12-15-38(16-13-23)20-25(40)21-43-2/h5,8-11,18-19,23,25,36-37,40H,4,12-17,20-22H2,1-3H3. The van der Waals surface area contributed by atoms with Crippen molar-refractivity contribution in [1.29, 1.82) is 0 Å². The number of halogens is 3. The highest BCUT2D eigenvalue weighted by Crippen LogP contribution is 2.32. The maximum Gasteiger partial charge on any atom is 0.406 e. The van der Waals surface area contributed by atoms with Crippen molar-refractivity contribution in [3.8, 4) is 17.6 Å². The number of nitrogens with zero attached hydrogens (tertiary/aromatic N) is 2. The summed E-state index contributed by atoms with van der Waals surface area (Å²) < 4.78 is 76.9. The minimum Gasteiger partial charge on any atom is -0.491 e. The lowest BCUT2D eigenvalue weighted by Crippen LogP contribution is -2.43. The number of nitrogens with one attached hydrogen (secondary N) is 2. The van der Waals surface area contributed by atoms with Gasteiger partial charge in [-0.2, -0.15) is 13.2 Å². The van der Waals surface area contributed by atoms with E-state index in [-0.39, 0.29) is 29.8 Å². The smallest absolute Gasteiger partial charge is 0.406 e. The molecule has 0 aliphatic carbocycles. The molecule has 246 valence electrons. The van der Waals surface area contributed by atoms with Crippen LogP contribution in [0.3, 0.4) is 0 Å². The number of benzene rings is 2. The maximum absolute atomic E-state index is 13.7. The molecule has 1 saturated heterocycles. The molecule has 0 amide bonds. The second-order valence-electron chi connectivity index (χ2n) is 11.2. The molecule has 45 heavy (non-hydrogen) atoms. The number of piperidine rings is 1. The summed E-state index contributed by atoms with van der Waals surface area (Å²) in [6, 6.07) is 11.6. The first kappa shape index (κ1) is 34.4. The van der Waals surface area contributed by atoms with Crippen molar-refractivity contribution < 1.29 is 36.2 Å². The summed E-state index contributed by atoms with van der Waals surface area (Å²) in [7, 11) is -1.88. The van der Waals surface area contributed by atoms with Crippen molar-refractivity contribution >= 4 is 32.1 Å². The highest BCUT2D eigenvalue weighted by atomic mass is 32.2. The van der Waals surface area contributed by atoms with Gasteiger partial charge in [-0.1, -0.05) is 18.9 Å². The van der Waals surface area contributed by atoms with Gasteiger partial charge in [0.2, 0.25) is 0 Å². The topological polar surface area (TPSA) is 105 Å². The molecule has 1 fully saturated rings. The molecule has 1 aromatic heterocycles. The molecule has 1 atom stereocenters. The number of aliphatic hydroxyl groups is 1. The predicted octanol–water partition coefficient (Wildman–Crippen LogP) is 4.74. The van der Waals surface area contributed by atoms with E-state index in [9.17, 15) is 26.7 Å². The number of ether oxygens (including phenoxy) is 2. The average molecular weight is 651 g/mol. The Morgan fingerprint density at radius 3 is 2.56 bits per heavy atom. The van der Waals surface area contributed by atoms with Gasteiger partial charge in [-0.05, 0) is 55.5 Å². The monoisotopic (exact) mass is 650 g/mol. The third-order valence-corrected chi connectivity index (χ3v) is 8.60. The van der Waals surface area contributed by atoms with Crippen LogP contribution in [0, 0.1) is 11.8 Å². The molecule has 2 aromatic carbocycles. The number of likely N-dealkylation sites (tertiary alicyclic amines) is 1. The lowest BCUT2D eigenvalue weighted by atomic mass is 10.0. The molecule has 0 saturated carbocycles. The van der Waals surface area contributed by atoms with E-state index >= 15 is 0 Å². The number of aromatic nitrogens is 1. The SMILES string of the molecule is CCCOc1cc(S(C)(=O)=O)ccc1NCC#Cc1cc2c(NC3CCN(CC(O)COC)CC3)cccc2n1CC(F)(F)F. The molecular weight excluding hydrogens is 609 g/mol. The largest absolute Gasteiger partial charge is 0.491 e. The Balaban J connectivity index is 1.52. The number of sulfone groups is 1. The summed E-state index contributed by atoms with van der Waals surface area (Å²) >= 11 is 0. The Bertz CT molecular complexity index is 1610. The van der Waals surface area contributed by atoms with E-state index in [0.29, 0.717) is 35.5 Å². The van der Waals surface area contributed by atoms with Crippen LogP contribution in [0.2, 0.25) is 0 Å². The molecule has 2 heterocycles. The van der Waals surface area contributed by atoms with Crippen LogP contribution in [0.1, 0.15) is 31.9 Å². The zero-order valence-corrected chi connectivity index (χ0v) is 26.6. The number of fused-ring (bicyclic) bond motifs is 1. The van der Waals surface area contributed by atoms with E-state index in [0.717, 1.165) is 44.3 Å². The quantitative estimate of drug-likeness (QED) is 0.228. The zero-order chi connectivity index (χ0) is 32.6. The number of anilines is 2. The van der Waals surface area contributed by atoms with Crippen LogP contribution in [0.25, 0.3) is 10.9 Å². The van der Waals surface area contributed by atoms with Crippen LogP contribution in [0.4, 0.5) is 24.5 Å². The molecule has 4 rings (SSSR count). The molecule has 0 spiro atoms. The Kier molecular flexibility index (Phi) is 11.7. The maximum atomic E-state index is 13.7. The molecule has 0 bridgehead atoms. The molecule has 0 radical (unpaired) electrons. The number of methoxy groups -OCH3 is 1. The summed E-state index contributed by atoms with van der Waals surface area (Å²) in [4.78, 5) is 2.31. The van der Waals surface area contributed by atoms with Crippen molar-refractivity contribution in [2.75, 3.05) is 63.4 Å². The van der Waals surface area contributed by atoms with Crippen LogP contribution in [0.5, 0.6) is 5.75 Å². The number of alkyl halides is 3. The first-order valence-corrected chi connectivity index (χ1v) is 16.8. The first-order valence-electron chi connectivity index (χ1n) is 14.9. The molecule has 9 nitrogen and oxygen atoms in total. The van der Waals surface area contributed by atoms with Gasteiger partial charge in [-0.15, -0.1) is 0 Å². The van der Waals surface area contributed by atoms with Crippen molar-refractivity contribution in [2.45, 2.75) is 55.9 Å². The second kappa shape index (κ2) is 15.2. The van der Waals surface area contributed by atoms with Gasteiger partial charge >= 0.3 is 6.18 Å². The Hall–Kier alpha value is -3.44. The van der Waals surface area contributed by atoms with Crippen LogP contribution in [-0.2, 0) is 21.1 Å². The molecule has 3 N–H and O–H groups in total. The van der Waals surface area contributed by atoms with Crippen molar-refractivity contribution in [3.05, 3.63) is 48.2 Å². The van der Waals surface area contributed by atoms with Gasteiger partial charge in [0, 0.05) is 56.2 Å². The van der Waals surface area contributed by atoms with Gasteiger partial charge in [0.1, 0.15) is 12.3 Å². The van der Waals surface area contributed by atoms with Crippen LogP contribution in [0.15, 0.2) is 47.4 Å². The van der Waals surface area contributed by atoms with Gasteiger partial charge in [0.05, 0.1) is 47.7 Å². The molecule has 3 aromatic rings. The minimum absolute atomic E-state index is 0.0943. The molecule has 13 heteroatoms. The molecule has 1 unspecified atom stereocenters. The predicted molar refractivity (Wildman–Crippen MR) is 170 cm³/mol. The summed E-state index contributed by atoms with van der Waals surface area (Å²) in [6.45, 7) is 3.62. The molecule has 1 aliphatic heterocycles. The number of hydrogen-bond acceptors (Lipinski definition) is 8. The van der Waals surface area contributed by atoms with Crippen LogP contribution in [-0.4, -0.2) is 94.1 Å². The molecule has 1 aliphatic rings. The van der Waals surface area contributed by atoms with E-state index in [4.69, 9.17) is 9.47 Å². The Labute approximate surface area is 262 Å². The molecular formula is C32H41F3N4O5S. The van der Waals surface area contributed by atoms with E-state index in [1.807, 2.05) is 13.0 Å². The fraction of sp³-hybridized carbons (Fsp3) is 0.500. The number of aliphatic hydroxyl groups excluding tert-OH is 1. The van der Waals surface area contributed by atoms with Gasteiger partial charge in [-0.3, -0.25) is 0 Å². The van der Waals surface area contributed by atoms with Crippen molar-refractivity contribution in [1.82, 2.24) is 9.47 Å². The van der Waals surface area contributed by atoms with Crippen molar-refractivity contribution in [2.24, 2.45) is 0 Å². The van der Waals surface area contributed by atoms with Crippen LogP contribution >= 0.6 is 0 Å². The van der Waals surface area contributed by atoms with E-state index in [1.54, 1.807) is 31.4 Å². The fourth-order valence-electron chi connectivity index (χ4n) is 5.37. The summed E-state index contributed by atoms with van der Waals surface area (Å²) in [5.41, 5.74) is 1.94. The second-order valence-corrected chi connectivity index (χ2v) is 13.2. The van der Waals surface area contributed by atoms with Gasteiger partial charge in [-0.25, -0.2) is 8.42 Å². The summed E-state index contributed by atoms with van der Waals surface area (Å²) in [5, 5.41) is 17.3. The van der Waals surface area contributed by atoms with Crippen molar-refractivity contribution in [3.63, 3.8) is 0 Å². The highest BCUT2D eigenvalue weighted by Gasteiger charge is 2.30. The fourth-order valence-corrected chi connectivity index (χ4v) is 6.01. The highest BCUT2D eigenvalue weighted by molar-refractivity contribution is 7.90. The average Bonchev–Trinajstić information content (AvgIpc) is 3.31. The van der Waals surface area contributed by atoms with E-state index in [1.165, 1.54) is 16.7 Å². The Morgan fingerprint density at radius 2 is 1.89 bits per heavy atom. The summed E-state index contributed by atoms with van der Waals surface area (Å²) in [5.74, 6) is 6.18. The first-order chi connectivity index (χ1) is 21.4. The lowest BCUT2D eigenvalue weighted by Gasteiger charge is -2.34. The zero-order valence-electron chi connectivity index (χ0n) is 25.8. The van der Waals surface area contributed by atoms with Gasteiger partial charge in [0.25, 0.3) is 0 Å². The summed E-state index contributed by atoms with van der Waals surface area (Å²) in [6.07, 6.45) is -1.50. The normalized spacial score (nSPS) is 15.4. The minimum atomic E-state index is -4.45. The lowest BCUT2D eigenvalue weighted by molar-refractivity contribution is -0.140. The van der Waals surface area contributed by atoms with Gasteiger partial charge < -0.3 is 34.7 Å². The number of hydrogen-bond donors (Lipinski definition) is 3. The Morgan fingerprint density at radius 1 is 1.13 bits per heavy atom. The van der Waals surface area contributed by atoms with Gasteiger partial charge in [0.15, 0.2) is 9.84 Å². The third-order valence-electron chi connectivity index (χ3n) is 7.48. The number of rotatable bonds is 13. The van der Waals surface area contributed by atoms with E-state index < -0.39 is 28.7 Å². The third kappa shape index (κ3) is 9.77.